The molecular weight excluding hydrogens is 378 g/mol. The Balaban J connectivity index is 1.82. The molecule has 0 bridgehead atoms. The first kappa shape index (κ1) is 20.1. The molecule has 29 heavy (non-hydrogen) atoms. The van der Waals surface area contributed by atoms with Crippen LogP contribution in [0.4, 0.5) is 0 Å². The number of hydrogen-bond donors (Lipinski definition) is 2. The summed E-state index contributed by atoms with van der Waals surface area (Å²) in [6.07, 6.45) is 2.68. The Morgan fingerprint density at radius 1 is 1.28 bits per heavy atom. The molecule has 1 aliphatic rings. The van der Waals surface area contributed by atoms with E-state index in [9.17, 15) is 14.7 Å². The quantitative estimate of drug-likeness (QED) is 0.694. The van der Waals surface area contributed by atoms with Gasteiger partial charge in [0.15, 0.2) is 0 Å². The van der Waals surface area contributed by atoms with Crippen LogP contribution in [0.2, 0.25) is 0 Å². The van der Waals surface area contributed by atoms with E-state index in [0.717, 1.165) is 5.56 Å². The maximum Gasteiger partial charge on any atom is 0.308 e. The number of hydrogen-bond acceptors (Lipinski definition) is 7. The average Bonchev–Trinajstić information content (AvgIpc) is 3.16. The van der Waals surface area contributed by atoms with Crippen LogP contribution in [-0.4, -0.2) is 47.5 Å². The number of methoxy groups -OCH3 is 2. The van der Waals surface area contributed by atoms with Crippen molar-refractivity contribution in [2.45, 2.75) is 25.0 Å². The Kier molecular flexibility index (Phi) is 5.96. The maximum absolute atomic E-state index is 12.9. The lowest BCUT2D eigenvalue weighted by atomic mass is 9.89. The highest BCUT2D eigenvalue weighted by atomic mass is 16.7. The van der Waals surface area contributed by atoms with Crippen molar-refractivity contribution < 1.29 is 29.0 Å². The molecule has 1 amide bonds. The summed E-state index contributed by atoms with van der Waals surface area (Å²) in [5, 5.41) is 16.1. The molecule has 1 aliphatic heterocycles. The molecule has 0 saturated heterocycles. The van der Waals surface area contributed by atoms with Crippen LogP contribution in [0.5, 0.6) is 11.5 Å². The van der Waals surface area contributed by atoms with E-state index in [1.807, 2.05) is 0 Å². The van der Waals surface area contributed by atoms with Crippen molar-refractivity contribution >= 4 is 17.6 Å². The summed E-state index contributed by atoms with van der Waals surface area (Å²) in [6, 6.07) is 8.68. The number of carboxylic acids is 1. The third kappa shape index (κ3) is 4.45. The maximum atomic E-state index is 12.9. The lowest BCUT2D eigenvalue weighted by Crippen LogP contribution is -2.48. The summed E-state index contributed by atoms with van der Waals surface area (Å²) < 4.78 is 10.6. The Hall–Kier alpha value is -3.62. The minimum absolute atomic E-state index is 0.0261. The molecule has 0 spiro atoms. The van der Waals surface area contributed by atoms with Crippen molar-refractivity contribution in [1.29, 1.82) is 0 Å². The van der Waals surface area contributed by atoms with E-state index in [4.69, 9.17) is 14.3 Å². The molecule has 3 rings (SSSR count). The Morgan fingerprint density at radius 3 is 2.76 bits per heavy atom. The van der Waals surface area contributed by atoms with Crippen LogP contribution in [0.25, 0.3) is 0 Å². The molecular formula is C20H21N3O6. The molecule has 0 saturated carbocycles. The van der Waals surface area contributed by atoms with Gasteiger partial charge in [0.1, 0.15) is 11.5 Å². The van der Waals surface area contributed by atoms with E-state index >= 15 is 0 Å². The number of oxime groups is 1. The highest BCUT2D eigenvalue weighted by Crippen LogP contribution is 2.35. The number of amides is 1. The van der Waals surface area contributed by atoms with Crippen molar-refractivity contribution in [1.82, 2.24) is 10.3 Å². The van der Waals surface area contributed by atoms with Gasteiger partial charge in [-0.05, 0) is 29.8 Å². The van der Waals surface area contributed by atoms with Crippen molar-refractivity contribution in [2.75, 3.05) is 14.2 Å². The summed E-state index contributed by atoms with van der Waals surface area (Å²) in [4.78, 5) is 33.7. The summed E-state index contributed by atoms with van der Waals surface area (Å²) in [5.74, 6) is -0.657. The molecule has 0 aliphatic carbocycles. The molecule has 2 aromatic rings. The molecule has 1 atom stereocenters. The highest BCUT2D eigenvalue weighted by molar-refractivity contribution is 6.08. The number of rotatable bonds is 8. The fourth-order valence-electron chi connectivity index (χ4n) is 3.05. The predicted molar refractivity (Wildman–Crippen MR) is 103 cm³/mol. The second-order valence-corrected chi connectivity index (χ2v) is 6.48. The molecule has 9 nitrogen and oxygen atoms in total. The summed E-state index contributed by atoms with van der Waals surface area (Å²) in [5.41, 5.74) is 0.0925. The third-order valence-electron chi connectivity index (χ3n) is 4.53. The van der Waals surface area contributed by atoms with E-state index in [2.05, 4.69) is 15.5 Å². The van der Waals surface area contributed by atoms with E-state index in [1.54, 1.807) is 42.7 Å². The molecule has 2 heterocycles. The van der Waals surface area contributed by atoms with Gasteiger partial charge in [-0.1, -0.05) is 11.2 Å². The number of aliphatic carboxylic acids is 1. The Bertz CT molecular complexity index is 931. The summed E-state index contributed by atoms with van der Waals surface area (Å²) in [6.45, 7) is 0.190. The van der Waals surface area contributed by atoms with Crippen LogP contribution in [0.3, 0.4) is 0 Å². The Morgan fingerprint density at radius 2 is 2.10 bits per heavy atom. The predicted octanol–water partition coefficient (Wildman–Crippen LogP) is 1.75. The number of carbonyl (C=O) groups excluding carboxylic acids is 1. The Labute approximate surface area is 167 Å². The number of aromatic nitrogens is 1. The smallest absolute Gasteiger partial charge is 0.308 e. The SMILES string of the molecule is COc1ccc(OC)c(C2=NOC(CC(=O)O)(C(=O)NCc3cccnc3)C2)c1. The van der Waals surface area contributed by atoms with Gasteiger partial charge >= 0.3 is 5.97 Å². The first-order valence-electron chi connectivity index (χ1n) is 8.84. The molecule has 1 aromatic carbocycles. The largest absolute Gasteiger partial charge is 0.497 e. The normalized spacial score (nSPS) is 17.8. The first-order valence-corrected chi connectivity index (χ1v) is 8.84. The fraction of sp³-hybridized carbons (Fsp3) is 0.300. The summed E-state index contributed by atoms with van der Waals surface area (Å²) in [7, 11) is 3.03. The van der Waals surface area contributed by atoms with E-state index in [1.165, 1.54) is 14.2 Å². The van der Waals surface area contributed by atoms with Crippen LogP contribution >= 0.6 is 0 Å². The number of pyridine rings is 1. The van der Waals surface area contributed by atoms with Gasteiger partial charge < -0.3 is 24.7 Å². The zero-order valence-corrected chi connectivity index (χ0v) is 16.0. The second kappa shape index (κ2) is 8.59. The van der Waals surface area contributed by atoms with Gasteiger partial charge in [-0.3, -0.25) is 14.6 Å². The number of benzene rings is 1. The second-order valence-electron chi connectivity index (χ2n) is 6.48. The van der Waals surface area contributed by atoms with Crippen molar-refractivity contribution in [2.24, 2.45) is 5.16 Å². The van der Waals surface area contributed by atoms with Crippen molar-refractivity contribution in [3.63, 3.8) is 0 Å². The van der Waals surface area contributed by atoms with Crippen LogP contribution in [0, 0.1) is 0 Å². The first-order chi connectivity index (χ1) is 14.0. The van der Waals surface area contributed by atoms with Gasteiger partial charge in [-0.25, -0.2) is 0 Å². The van der Waals surface area contributed by atoms with Gasteiger partial charge in [-0.2, -0.15) is 0 Å². The van der Waals surface area contributed by atoms with Gasteiger partial charge in [-0.15, -0.1) is 0 Å². The van der Waals surface area contributed by atoms with E-state index < -0.39 is 23.9 Å². The molecule has 0 fully saturated rings. The zero-order valence-electron chi connectivity index (χ0n) is 16.0. The lowest BCUT2D eigenvalue weighted by Gasteiger charge is -2.23. The van der Waals surface area contributed by atoms with Gasteiger partial charge in [0.25, 0.3) is 5.91 Å². The van der Waals surface area contributed by atoms with Crippen molar-refractivity contribution in [3.05, 3.63) is 53.9 Å². The molecule has 1 aromatic heterocycles. The molecule has 152 valence electrons. The van der Waals surface area contributed by atoms with Gasteiger partial charge in [0, 0.05) is 30.9 Å². The molecule has 0 radical (unpaired) electrons. The fourth-order valence-corrected chi connectivity index (χ4v) is 3.05. The monoisotopic (exact) mass is 399 g/mol. The molecule has 2 N–H and O–H groups in total. The van der Waals surface area contributed by atoms with Gasteiger partial charge in [0.2, 0.25) is 5.60 Å². The van der Waals surface area contributed by atoms with Crippen LogP contribution in [-0.2, 0) is 21.0 Å². The van der Waals surface area contributed by atoms with E-state index in [0.29, 0.717) is 22.8 Å². The van der Waals surface area contributed by atoms with Crippen LogP contribution in [0.1, 0.15) is 24.0 Å². The number of nitrogens with one attached hydrogen (secondary N) is 1. The number of carbonyl (C=O) groups is 2. The van der Waals surface area contributed by atoms with Crippen molar-refractivity contribution in [3.8, 4) is 11.5 Å². The molecule has 9 heteroatoms. The van der Waals surface area contributed by atoms with Crippen LogP contribution in [0.15, 0.2) is 47.9 Å². The minimum Gasteiger partial charge on any atom is -0.497 e. The number of carboxylic acid groups (broad SMARTS) is 1. The minimum atomic E-state index is -1.66. The summed E-state index contributed by atoms with van der Waals surface area (Å²) >= 11 is 0. The number of nitrogens with zero attached hydrogens (tertiary/aromatic N) is 2. The topological polar surface area (TPSA) is 119 Å². The number of ether oxygens (including phenoxy) is 2. The van der Waals surface area contributed by atoms with Gasteiger partial charge in [0.05, 0.1) is 26.4 Å². The average molecular weight is 399 g/mol. The van der Waals surface area contributed by atoms with Crippen LogP contribution < -0.4 is 14.8 Å². The highest BCUT2D eigenvalue weighted by Gasteiger charge is 2.49. The third-order valence-corrected chi connectivity index (χ3v) is 4.53. The lowest BCUT2D eigenvalue weighted by molar-refractivity contribution is -0.156. The molecule has 1 unspecified atom stereocenters. The zero-order chi connectivity index (χ0) is 20.9. The standard InChI is InChI=1S/C20H21N3O6/c1-27-14-5-6-17(28-2)15(8-14)16-9-20(29-23-16,10-18(24)25)19(26)22-12-13-4-3-7-21-11-13/h3-8,11H,9-10,12H2,1-2H3,(H,22,26)(H,24,25). The van der Waals surface area contributed by atoms with E-state index in [-0.39, 0.29) is 13.0 Å².